The molecule has 3 N–H and O–H groups in total. The highest BCUT2D eigenvalue weighted by Gasteiger charge is 2.70. The Morgan fingerprint density at radius 3 is 2.08 bits per heavy atom. The predicted octanol–water partition coefficient (Wildman–Crippen LogP) is 4.10. The molecule has 264 valence electrons. The van der Waals surface area contributed by atoms with E-state index in [2.05, 4.69) is 16.0 Å². The number of carbonyl (C=O) groups is 5. The molecule has 5 rings (SSSR count). The molecular formula is C36H43F3N4O6. The van der Waals surface area contributed by atoms with Gasteiger partial charge in [-0.15, -0.1) is 0 Å². The van der Waals surface area contributed by atoms with E-state index < -0.39 is 77.3 Å². The Morgan fingerprint density at radius 2 is 1.51 bits per heavy atom. The van der Waals surface area contributed by atoms with E-state index in [1.54, 1.807) is 51.1 Å². The van der Waals surface area contributed by atoms with Crippen LogP contribution in [0.15, 0.2) is 54.6 Å². The number of benzene rings is 2. The fourth-order valence-corrected chi connectivity index (χ4v) is 7.36. The third-order valence-electron chi connectivity index (χ3n) is 9.84. The van der Waals surface area contributed by atoms with Crippen molar-refractivity contribution in [2.45, 2.75) is 90.3 Å². The maximum Gasteiger partial charge on any atom is 0.408 e. The number of hydrogen-bond donors (Lipinski definition) is 3. The molecule has 2 aromatic rings. The normalized spacial score (nSPS) is 22.3. The molecule has 1 aliphatic heterocycles. The van der Waals surface area contributed by atoms with E-state index in [1.807, 2.05) is 38.1 Å². The number of nitrogens with zero attached hydrogens (tertiary/aromatic N) is 1. The van der Waals surface area contributed by atoms with E-state index in [0.29, 0.717) is 18.4 Å². The van der Waals surface area contributed by atoms with Crippen molar-refractivity contribution in [1.29, 1.82) is 0 Å². The van der Waals surface area contributed by atoms with Crippen LogP contribution in [0.1, 0.15) is 57.7 Å². The third kappa shape index (κ3) is 8.25. The topological polar surface area (TPSA) is 134 Å². The SMILES string of the molecule is CC(C)(C)OC(=O)N[C@H](C(=O)N1C[C@H]2[C@@H]([C@H]1C(=O)NC(CC(F)(F)F)C(=O)C(=O)NCc1ccccc1)C2(C)C)C1Cc2ccccc2C1. The zero-order valence-corrected chi connectivity index (χ0v) is 28.2. The first kappa shape index (κ1) is 35.9. The zero-order valence-electron chi connectivity index (χ0n) is 28.2. The van der Waals surface area contributed by atoms with E-state index in [0.717, 1.165) is 11.1 Å². The van der Waals surface area contributed by atoms with Crippen molar-refractivity contribution in [1.82, 2.24) is 20.9 Å². The molecule has 3 aliphatic rings. The third-order valence-corrected chi connectivity index (χ3v) is 9.84. The minimum Gasteiger partial charge on any atom is -0.444 e. The average Bonchev–Trinajstić information content (AvgIpc) is 3.38. The fourth-order valence-electron chi connectivity index (χ4n) is 7.36. The smallest absolute Gasteiger partial charge is 0.408 e. The summed E-state index contributed by atoms with van der Waals surface area (Å²) in [4.78, 5) is 68.5. The summed E-state index contributed by atoms with van der Waals surface area (Å²) in [7, 11) is 0. The first-order valence-electron chi connectivity index (χ1n) is 16.5. The molecule has 0 radical (unpaired) electrons. The number of alkyl carbamates (subject to hydrolysis) is 1. The molecule has 0 bridgehead atoms. The highest BCUT2D eigenvalue weighted by atomic mass is 19.4. The molecule has 1 saturated heterocycles. The van der Waals surface area contributed by atoms with Gasteiger partial charge in [-0.25, -0.2) is 4.79 Å². The van der Waals surface area contributed by atoms with Crippen LogP contribution in [0.5, 0.6) is 0 Å². The quantitative estimate of drug-likeness (QED) is 0.323. The van der Waals surface area contributed by atoms with E-state index in [-0.39, 0.29) is 24.9 Å². The first-order valence-corrected chi connectivity index (χ1v) is 16.5. The molecule has 49 heavy (non-hydrogen) atoms. The monoisotopic (exact) mass is 684 g/mol. The average molecular weight is 685 g/mol. The van der Waals surface area contributed by atoms with Gasteiger partial charge in [-0.2, -0.15) is 13.2 Å². The number of carbonyl (C=O) groups excluding carboxylic acids is 5. The van der Waals surface area contributed by atoms with Crippen molar-refractivity contribution in [2.75, 3.05) is 6.54 Å². The van der Waals surface area contributed by atoms with Crippen molar-refractivity contribution in [3.8, 4) is 0 Å². The molecule has 1 unspecified atom stereocenters. The van der Waals surface area contributed by atoms with E-state index >= 15 is 0 Å². The van der Waals surface area contributed by atoms with Crippen LogP contribution in [-0.2, 0) is 43.3 Å². The molecule has 4 amide bonds. The molecule has 10 nitrogen and oxygen atoms in total. The van der Waals surface area contributed by atoms with Gasteiger partial charge in [0, 0.05) is 13.1 Å². The van der Waals surface area contributed by atoms with E-state index in [1.165, 1.54) is 4.90 Å². The number of Topliss-reactive ketones (excluding diaryl/α,β-unsaturated/α-hetero) is 1. The summed E-state index contributed by atoms with van der Waals surface area (Å²) in [5.74, 6) is -5.17. The Bertz CT molecular complexity index is 1580. The molecule has 5 atom stereocenters. The van der Waals surface area contributed by atoms with Crippen LogP contribution in [0.25, 0.3) is 0 Å². The summed E-state index contributed by atoms with van der Waals surface area (Å²) in [6.07, 6.45) is -6.51. The van der Waals surface area contributed by atoms with Crippen molar-refractivity contribution >= 4 is 29.6 Å². The second-order valence-electron chi connectivity index (χ2n) is 14.9. The second kappa shape index (κ2) is 13.5. The zero-order chi connectivity index (χ0) is 35.9. The van der Waals surface area contributed by atoms with Crippen LogP contribution in [0.2, 0.25) is 0 Å². The summed E-state index contributed by atoms with van der Waals surface area (Å²) in [6, 6.07) is 11.6. The summed E-state index contributed by atoms with van der Waals surface area (Å²) in [5.41, 5.74) is 1.41. The lowest BCUT2D eigenvalue weighted by molar-refractivity contribution is -0.155. The van der Waals surface area contributed by atoms with Gasteiger partial charge in [0.1, 0.15) is 23.7 Å². The highest BCUT2D eigenvalue weighted by Crippen LogP contribution is 2.65. The highest BCUT2D eigenvalue weighted by molar-refractivity contribution is 6.38. The molecular weight excluding hydrogens is 641 g/mol. The summed E-state index contributed by atoms with van der Waals surface area (Å²) in [6.45, 7) is 8.91. The van der Waals surface area contributed by atoms with Gasteiger partial charge in [0.15, 0.2) is 0 Å². The van der Waals surface area contributed by atoms with Crippen molar-refractivity contribution in [2.24, 2.45) is 23.2 Å². The van der Waals surface area contributed by atoms with E-state index in [9.17, 15) is 37.1 Å². The number of nitrogens with one attached hydrogen (secondary N) is 3. The van der Waals surface area contributed by atoms with Gasteiger partial charge in [0.25, 0.3) is 5.91 Å². The van der Waals surface area contributed by atoms with Crippen LogP contribution in [0, 0.1) is 23.2 Å². The number of alkyl halides is 3. The number of hydrogen-bond acceptors (Lipinski definition) is 6. The minimum absolute atomic E-state index is 0.0992. The first-order chi connectivity index (χ1) is 22.9. The number of fused-ring (bicyclic) bond motifs is 2. The van der Waals surface area contributed by atoms with Crippen molar-refractivity contribution < 1.29 is 41.9 Å². The Kier molecular flexibility index (Phi) is 9.86. The van der Waals surface area contributed by atoms with Gasteiger partial charge in [0.05, 0.1) is 6.42 Å². The predicted molar refractivity (Wildman–Crippen MR) is 173 cm³/mol. The van der Waals surface area contributed by atoms with Gasteiger partial charge in [-0.1, -0.05) is 68.4 Å². The molecule has 1 heterocycles. The lowest BCUT2D eigenvalue weighted by Crippen LogP contribution is -2.60. The molecule has 0 aromatic heterocycles. The maximum absolute atomic E-state index is 14.4. The number of amides is 4. The van der Waals surface area contributed by atoms with Crippen LogP contribution >= 0.6 is 0 Å². The van der Waals surface area contributed by atoms with Crippen LogP contribution in [0.4, 0.5) is 18.0 Å². The Morgan fingerprint density at radius 1 is 0.918 bits per heavy atom. The van der Waals surface area contributed by atoms with Gasteiger partial charge in [0.2, 0.25) is 17.6 Å². The lowest BCUT2D eigenvalue weighted by atomic mass is 9.93. The summed E-state index contributed by atoms with van der Waals surface area (Å²) in [5, 5.41) is 7.25. The molecule has 2 aliphatic carbocycles. The van der Waals surface area contributed by atoms with Crippen LogP contribution in [0.3, 0.4) is 0 Å². The van der Waals surface area contributed by atoms with Gasteiger partial charge < -0.3 is 25.6 Å². The standard InChI is InChI=1S/C36H43F3N4O6/c1-34(2,3)49-33(48)42-27(23-15-21-13-9-10-14-22(21)16-23)32(47)43-19-24-26(35(24,4)5)28(43)30(45)41-25(17-36(37,38)39)29(44)31(46)40-18-20-11-7-6-8-12-20/h6-14,23-28H,15-19H2,1-5H3,(H,40,46)(H,41,45)(H,42,48)/t24-,25?,26-,27-,28-/m0/s1. The minimum atomic E-state index is -4.89. The van der Waals surface area contributed by atoms with Gasteiger partial charge in [-0.05, 0) is 73.5 Å². The largest absolute Gasteiger partial charge is 0.444 e. The molecule has 0 spiro atoms. The Hall–Kier alpha value is -4.42. The van der Waals surface area contributed by atoms with Gasteiger partial charge in [-0.3, -0.25) is 19.2 Å². The van der Waals surface area contributed by atoms with Crippen molar-refractivity contribution in [3.05, 3.63) is 71.3 Å². The van der Waals surface area contributed by atoms with Crippen LogP contribution < -0.4 is 16.0 Å². The number of rotatable bonds is 10. The molecule has 2 aromatic carbocycles. The van der Waals surface area contributed by atoms with E-state index in [4.69, 9.17) is 4.74 Å². The van der Waals surface area contributed by atoms with Crippen molar-refractivity contribution in [3.63, 3.8) is 0 Å². The Labute approximate surface area is 283 Å². The van der Waals surface area contributed by atoms with Crippen LogP contribution in [-0.4, -0.2) is 70.9 Å². The maximum atomic E-state index is 14.4. The number of likely N-dealkylation sites (tertiary alicyclic amines) is 1. The summed E-state index contributed by atoms with van der Waals surface area (Å²) < 4.78 is 46.6. The van der Waals surface area contributed by atoms with Gasteiger partial charge >= 0.3 is 12.3 Å². The number of ether oxygens (including phenoxy) is 1. The number of piperidine rings is 1. The molecule has 1 saturated carbocycles. The fraction of sp³-hybridized carbons (Fsp3) is 0.528. The second-order valence-corrected chi connectivity index (χ2v) is 14.9. The lowest BCUT2D eigenvalue weighted by Gasteiger charge is -2.35. The molecule has 2 fully saturated rings. The number of ketones is 1. The Balaban J connectivity index is 1.38. The summed E-state index contributed by atoms with van der Waals surface area (Å²) >= 11 is 0. The number of halogens is 3. The molecule has 13 heteroatoms.